The molecule has 2 aromatic rings. The lowest BCUT2D eigenvalue weighted by molar-refractivity contribution is 0.0697. The molecule has 1 amide bonds. The van der Waals surface area contributed by atoms with E-state index in [-0.39, 0.29) is 5.91 Å². The van der Waals surface area contributed by atoms with Crippen LogP contribution in [0.3, 0.4) is 0 Å². The van der Waals surface area contributed by atoms with Gasteiger partial charge in [-0.3, -0.25) is 9.69 Å². The highest BCUT2D eigenvalue weighted by Crippen LogP contribution is 2.34. The van der Waals surface area contributed by atoms with E-state index >= 15 is 0 Å². The van der Waals surface area contributed by atoms with Crippen LogP contribution in [0.15, 0.2) is 18.2 Å². The fourth-order valence-electron chi connectivity index (χ4n) is 5.71. The fourth-order valence-corrected chi connectivity index (χ4v) is 5.71. The van der Waals surface area contributed by atoms with Crippen molar-refractivity contribution in [3.8, 4) is 0 Å². The highest BCUT2D eigenvalue weighted by molar-refractivity contribution is 5.99. The molecular formula is C24H33N3O. The number of benzene rings is 1. The summed E-state index contributed by atoms with van der Waals surface area (Å²) in [6, 6.07) is 7.17. The lowest BCUT2D eigenvalue weighted by Gasteiger charge is -2.33. The van der Waals surface area contributed by atoms with Crippen LogP contribution in [0.2, 0.25) is 0 Å². The van der Waals surface area contributed by atoms with Crippen LogP contribution >= 0.6 is 0 Å². The molecule has 1 saturated carbocycles. The van der Waals surface area contributed by atoms with Crippen molar-refractivity contribution in [2.45, 2.75) is 64.5 Å². The van der Waals surface area contributed by atoms with Gasteiger partial charge in [-0.2, -0.15) is 0 Å². The van der Waals surface area contributed by atoms with Crippen LogP contribution in [0, 0.1) is 5.92 Å². The first-order valence-corrected chi connectivity index (χ1v) is 11.3. The van der Waals surface area contributed by atoms with E-state index < -0.39 is 0 Å². The average molecular weight is 380 g/mol. The molecule has 1 aromatic carbocycles. The Morgan fingerprint density at radius 2 is 1.79 bits per heavy atom. The standard InChI is InChI=1S/C24H33N3O/c1-17-9-12-26(13-10-17)24(28)18-7-8-22-20(15-18)21-16-27(19-5-3-4-6-19)14-11-23(21)25(22)2/h7-8,15,17,19H,3-6,9-14,16H2,1-2H3. The zero-order valence-corrected chi connectivity index (χ0v) is 17.4. The molecule has 0 bridgehead atoms. The van der Waals surface area contributed by atoms with Crippen molar-refractivity contribution in [1.29, 1.82) is 0 Å². The van der Waals surface area contributed by atoms with Gasteiger partial charge >= 0.3 is 0 Å². The molecular weight excluding hydrogens is 346 g/mol. The van der Waals surface area contributed by atoms with Crippen molar-refractivity contribution in [2.24, 2.45) is 13.0 Å². The van der Waals surface area contributed by atoms with Crippen molar-refractivity contribution < 1.29 is 4.79 Å². The number of piperidine rings is 1. The third-order valence-electron chi connectivity index (χ3n) is 7.59. The molecule has 0 unspecified atom stereocenters. The van der Waals surface area contributed by atoms with E-state index in [0.29, 0.717) is 0 Å². The molecule has 2 fully saturated rings. The summed E-state index contributed by atoms with van der Waals surface area (Å²) >= 11 is 0. The smallest absolute Gasteiger partial charge is 0.253 e. The van der Waals surface area contributed by atoms with Crippen molar-refractivity contribution in [2.75, 3.05) is 19.6 Å². The summed E-state index contributed by atoms with van der Waals surface area (Å²) in [5.41, 5.74) is 5.09. The monoisotopic (exact) mass is 379 g/mol. The summed E-state index contributed by atoms with van der Waals surface area (Å²) in [7, 11) is 2.19. The van der Waals surface area contributed by atoms with Gasteiger partial charge in [0, 0.05) is 67.8 Å². The van der Waals surface area contributed by atoms with Crippen molar-refractivity contribution in [1.82, 2.24) is 14.4 Å². The van der Waals surface area contributed by atoms with Crippen molar-refractivity contribution in [3.63, 3.8) is 0 Å². The first-order valence-electron chi connectivity index (χ1n) is 11.3. The molecule has 1 saturated heterocycles. The Balaban J connectivity index is 1.46. The molecule has 0 radical (unpaired) electrons. The van der Waals surface area contributed by atoms with E-state index in [2.05, 4.69) is 40.5 Å². The molecule has 150 valence electrons. The van der Waals surface area contributed by atoms with Gasteiger partial charge in [0.25, 0.3) is 5.91 Å². The number of aryl methyl sites for hydroxylation is 1. The van der Waals surface area contributed by atoms with Crippen LogP contribution in [0.25, 0.3) is 10.9 Å². The van der Waals surface area contributed by atoms with Gasteiger partial charge in [0.15, 0.2) is 0 Å². The average Bonchev–Trinajstić information content (AvgIpc) is 3.35. The van der Waals surface area contributed by atoms with Gasteiger partial charge in [-0.1, -0.05) is 19.8 Å². The third kappa shape index (κ3) is 3.06. The maximum atomic E-state index is 13.1. The lowest BCUT2D eigenvalue weighted by Crippen LogP contribution is -2.38. The van der Waals surface area contributed by atoms with Crippen LogP contribution < -0.4 is 0 Å². The van der Waals surface area contributed by atoms with Gasteiger partial charge < -0.3 is 9.47 Å². The van der Waals surface area contributed by atoms with Crippen LogP contribution in [0.5, 0.6) is 0 Å². The maximum absolute atomic E-state index is 13.1. The quantitative estimate of drug-likeness (QED) is 0.776. The minimum atomic E-state index is 0.217. The summed E-state index contributed by atoms with van der Waals surface area (Å²) in [5.74, 6) is 0.962. The number of rotatable bonds is 2. The molecule has 0 N–H and O–H groups in total. The molecule has 4 nitrogen and oxygen atoms in total. The number of carbonyl (C=O) groups is 1. The molecule has 2 aliphatic heterocycles. The Labute approximate surface area is 168 Å². The summed E-state index contributed by atoms with van der Waals surface area (Å²) < 4.78 is 2.37. The van der Waals surface area contributed by atoms with Crippen LogP contribution in [0.1, 0.15) is 67.1 Å². The van der Waals surface area contributed by atoms with Gasteiger partial charge in [-0.25, -0.2) is 0 Å². The van der Waals surface area contributed by atoms with Crippen LogP contribution in [0.4, 0.5) is 0 Å². The summed E-state index contributed by atoms with van der Waals surface area (Å²) in [5, 5.41) is 1.30. The van der Waals surface area contributed by atoms with Crippen LogP contribution in [-0.4, -0.2) is 46.0 Å². The largest absolute Gasteiger partial charge is 0.347 e. The third-order valence-corrected chi connectivity index (χ3v) is 7.59. The number of aromatic nitrogens is 1. The molecule has 0 spiro atoms. The minimum Gasteiger partial charge on any atom is -0.347 e. The van der Waals surface area contributed by atoms with Gasteiger partial charge in [-0.05, 0) is 55.4 Å². The van der Waals surface area contributed by atoms with Gasteiger partial charge in [0.05, 0.1) is 0 Å². The second-order valence-corrected chi connectivity index (χ2v) is 9.35. The van der Waals surface area contributed by atoms with Gasteiger partial charge in [-0.15, -0.1) is 0 Å². The van der Waals surface area contributed by atoms with Crippen LogP contribution in [-0.2, 0) is 20.0 Å². The Morgan fingerprint density at radius 3 is 2.54 bits per heavy atom. The van der Waals surface area contributed by atoms with Crippen molar-refractivity contribution >= 4 is 16.8 Å². The molecule has 1 aliphatic carbocycles. The van der Waals surface area contributed by atoms with E-state index in [1.165, 1.54) is 54.4 Å². The highest BCUT2D eigenvalue weighted by Gasteiger charge is 2.29. The Bertz CT molecular complexity index is 885. The molecule has 3 heterocycles. The number of hydrogen-bond acceptors (Lipinski definition) is 2. The van der Waals surface area contributed by atoms with E-state index in [1.54, 1.807) is 0 Å². The number of carbonyl (C=O) groups excluding carboxylic acids is 1. The number of likely N-dealkylation sites (tertiary alicyclic amines) is 1. The second-order valence-electron chi connectivity index (χ2n) is 9.35. The van der Waals surface area contributed by atoms with Gasteiger partial charge in [0.2, 0.25) is 0 Å². The summed E-state index contributed by atoms with van der Waals surface area (Å²) in [6.45, 7) is 6.33. The van der Waals surface area contributed by atoms with E-state index in [1.807, 2.05) is 6.07 Å². The Hall–Kier alpha value is -1.81. The predicted octanol–water partition coefficient (Wildman–Crippen LogP) is 4.35. The number of nitrogens with zero attached hydrogens (tertiary/aromatic N) is 3. The number of amides is 1. The zero-order valence-electron chi connectivity index (χ0n) is 17.4. The summed E-state index contributed by atoms with van der Waals surface area (Å²) in [6.07, 6.45) is 8.88. The molecule has 4 heteroatoms. The van der Waals surface area contributed by atoms with E-state index in [9.17, 15) is 4.79 Å². The molecule has 1 aromatic heterocycles. The summed E-state index contributed by atoms with van der Waals surface area (Å²) in [4.78, 5) is 17.9. The number of fused-ring (bicyclic) bond motifs is 3. The molecule has 0 atom stereocenters. The first-order chi connectivity index (χ1) is 13.6. The Kier molecular flexibility index (Phi) is 4.70. The van der Waals surface area contributed by atoms with Gasteiger partial charge in [0.1, 0.15) is 0 Å². The molecule has 3 aliphatic rings. The van der Waals surface area contributed by atoms with E-state index in [0.717, 1.165) is 56.4 Å². The van der Waals surface area contributed by atoms with Crippen molar-refractivity contribution in [3.05, 3.63) is 35.0 Å². The minimum absolute atomic E-state index is 0.217. The number of hydrogen-bond donors (Lipinski definition) is 0. The van der Waals surface area contributed by atoms with E-state index in [4.69, 9.17) is 0 Å². The SMILES string of the molecule is CC1CCN(C(=O)c2ccc3c(c2)c2c(n3C)CCN(C3CCCC3)C2)CC1. The second kappa shape index (κ2) is 7.22. The molecule has 5 rings (SSSR count). The molecule has 28 heavy (non-hydrogen) atoms. The first kappa shape index (κ1) is 18.2. The topological polar surface area (TPSA) is 28.5 Å². The highest BCUT2D eigenvalue weighted by atomic mass is 16.2. The maximum Gasteiger partial charge on any atom is 0.253 e. The normalized spacial score (nSPS) is 22.1. The predicted molar refractivity (Wildman–Crippen MR) is 114 cm³/mol. The fraction of sp³-hybridized carbons (Fsp3) is 0.625. The Morgan fingerprint density at radius 1 is 1.04 bits per heavy atom. The zero-order chi connectivity index (χ0) is 19.3. The lowest BCUT2D eigenvalue weighted by atomic mass is 9.98.